The Hall–Kier alpha value is -1.66. The molecule has 0 amide bonds. The third-order valence-electron chi connectivity index (χ3n) is 6.62. The maximum absolute atomic E-state index is 11.4. The Morgan fingerprint density at radius 3 is 2.03 bits per heavy atom. The van der Waals surface area contributed by atoms with Gasteiger partial charge in [0.2, 0.25) is 0 Å². The van der Waals surface area contributed by atoms with Gasteiger partial charge in [-0.2, -0.15) is 0 Å². The van der Waals surface area contributed by atoms with Gasteiger partial charge >= 0.3 is 11.9 Å². The topological polar surface area (TPSA) is 323 Å². The Morgan fingerprint density at radius 1 is 0.872 bits per heavy atom. The lowest BCUT2D eigenvalue weighted by Gasteiger charge is -2.47. The van der Waals surface area contributed by atoms with Crippen molar-refractivity contribution in [2.75, 3.05) is 13.2 Å². The number of carboxylic acids is 2. The predicted molar refractivity (Wildman–Crippen MR) is 113 cm³/mol. The third-order valence-corrected chi connectivity index (χ3v) is 6.62. The highest BCUT2D eigenvalue weighted by molar-refractivity contribution is 5.75. The van der Waals surface area contributed by atoms with Gasteiger partial charge < -0.3 is 85.0 Å². The van der Waals surface area contributed by atoms with Crippen molar-refractivity contribution in [2.24, 2.45) is 0 Å². The molecule has 3 aliphatic heterocycles. The minimum absolute atomic E-state index is 0.799. The first kappa shape index (κ1) is 31.9. The SMILES string of the molecule is O=C(O)[C@H]1O[C@H](OC[C@H]2O[C@H](O[C@H]3[C@@H]([C@H](O)CO)OC(O)(C(=O)O)C[C@H]3O)[C@@H](O)[C@@H](O)[C@@H]2O)[C@H](O)[C@@H](O)[C@H]1O. The number of carboxylic acid groups (broad SMARTS) is 2. The molecule has 226 valence electrons. The Morgan fingerprint density at radius 2 is 1.46 bits per heavy atom. The van der Waals surface area contributed by atoms with Crippen molar-refractivity contribution in [3.05, 3.63) is 0 Å². The van der Waals surface area contributed by atoms with Crippen LogP contribution in [0.5, 0.6) is 0 Å². The van der Waals surface area contributed by atoms with Crippen LogP contribution in [0.25, 0.3) is 0 Å². The molecule has 0 radical (unpaired) electrons. The first-order chi connectivity index (χ1) is 18.1. The zero-order chi connectivity index (χ0) is 29.4. The van der Waals surface area contributed by atoms with E-state index in [0.717, 1.165) is 0 Å². The van der Waals surface area contributed by atoms with Crippen LogP contribution in [0.15, 0.2) is 0 Å². The van der Waals surface area contributed by atoms with Crippen molar-refractivity contribution in [2.45, 2.75) is 98.0 Å². The molecule has 3 rings (SSSR count). The van der Waals surface area contributed by atoms with Gasteiger partial charge in [0.15, 0.2) is 18.7 Å². The van der Waals surface area contributed by atoms with Crippen molar-refractivity contribution >= 4 is 11.9 Å². The molecule has 39 heavy (non-hydrogen) atoms. The minimum Gasteiger partial charge on any atom is -0.479 e. The first-order valence-corrected chi connectivity index (χ1v) is 11.6. The normalized spacial score (nSPS) is 47.9. The molecule has 0 bridgehead atoms. The van der Waals surface area contributed by atoms with Gasteiger partial charge in [-0.25, -0.2) is 9.59 Å². The van der Waals surface area contributed by atoms with Crippen LogP contribution in [0.3, 0.4) is 0 Å². The van der Waals surface area contributed by atoms with Crippen LogP contribution in [0.4, 0.5) is 0 Å². The fourth-order valence-corrected chi connectivity index (χ4v) is 4.37. The van der Waals surface area contributed by atoms with Gasteiger partial charge in [0.05, 0.1) is 19.3 Å². The largest absolute Gasteiger partial charge is 0.479 e. The molecule has 3 saturated heterocycles. The van der Waals surface area contributed by atoms with Crippen LogP contribution in [-0.4, -0.2) is 178 Å². The molecule has 3 heterocycles. The van der Waals surface area contributed by atoms with Crippen LogP contribution in [0.2, 0.25) is 0 Å². The number of carbonyl (C=O) groups is 2. The van der Waals surface area contributed by atoms with Crippen molar-refractivity contribution in [3.63, 3.8) is 0 Å². The number of aliphatic hydroxyl groups is 10. The summed E-state index contributed by atoms with van der Waals surface area (Å²) in [5.74, 6) is -6.59. The minimum atomic E-state index is -2.98. The van der Waals surface area contributed by atoms with Gasteiger partial charge in [0.1, 0.15) is 61.0 Å². The van der Waals surface area contributed by atoms with E-state index in [1.165, 1.54) is 0 Å². The number of rotatable bonds is 9. The van der Waals surface area contributed by atoms with E-state index in [4.69, 9.17) is 28.8 Å². The molecule has 12 N–H and O–H groups in total. The summed E-state index contributed by atoms with van der Waals surface area (Å²) in [5.41, 5.74) is 0. The van der Waals surface area contributed by atoms with E-state index in [0.29, 0.717) is 0 Å². The molecule has 0 aromatic rings. The molecular formula is C20H32O19. The summed E-state index contributed by atoms with van der Waals surface area (Å²) in [6.45, 7) is -1.84. The van der Waals surface area contributed by atoms with Gasteiger partial charge in [-0.3, -0.25) is 0 Å². The highest BCUT2D eigenvalue weighted by Crippen LogP contribution is 2.34. The monoisotopic (exact) mass is 576 g/mol. The second-order valence-corrected chi connectivity index (χ2v) is 9.38. The fraction of sp³-hybridized carbons (Fsp3) is 0.900. The van der Waals surface area contributed by atoms with Crippen LogP contribution in [0.1, 0.15) is 6.42 Å². The average Bonchev–Trinajstić information content (AvgIpc) is 2.88. The van der Waals surface area contributed by atoms with Gasteiger partial charge in [0.25, 0.3) is 5.79 Å². The Kier molecular flexibility index (Phi) is 10.2. The van der Waals surface area contributed by atoms with Crippen molar-refractivity contribution in [1.29, 1.82) is 0 Å². The maximum Gasteiger partial charge on any atom is 0.364 e. The summed E-state index contributed by atoms with van der Waals surface area (Å²) in [7, 11) is 0. The first-order valence-electron chi connectivity index (χ1n) is 11.6. The number of aliphatic hydroxyl groups excluding tert-OH is 9. The van der Waals surface area contributed by atoms with E-state index in [1.54, 1.807) is 0 Å². The Labute approximate surface area is 218 Å². The average molecular weight is 576 g/mol. The van der Waals surface area contributed by atoms with E-state index in [9.17, 15) is 65.8 Å². The van der Waals surface area contributed by atoms with E-state index in [-0.39, 0.29) is 0 Å². The number of hydrogen-bond donors (Lipinski definition) is 12. The van der Waals surface area contributed by atoms with E-state index >= 15 is 0 Å². The Balaban J connectivity index is 1.73. The summed E-state index contributed by atoms with van der Waals surface area (Å²) in [5, 5.41) is 119. The lowest BCUT2D eigenvalue weighted by molar-refractivity contribution is -0.365. The Bertz CT molecular complexity index is 859. The molecule has 0 aliphatic carbocycles. The quantitative estimate of drug-likeness (QED) is 0.121. The van der Waals surface area contributed by atoms with Crippen molar-refractivity contribution < 1.29 is 94.6 Å². The molecule has 0 spiro atoms. The highest BCUT2D eigenvalue weighted by atomic mass is 16.7. The van der Waals surface area contributed by atoms with Gasteiger partial charge in [-0.05, 0) is 0 Å². The summed E-state index contributed by atoms with van der Waals surface area (Å²) >= 11 is 0. The fourth-order valence-electron chi connectivity index (χ4n) is 4.37. The molecule has 3 aliphatic rings. The lowest BCUT2D eigenvalue weighted by atomic mass is 9.92. The highest BCUT2D eigenvalue weighted by Gasteiger charge is 2.55. The number of aliphatic carboxylic acids is 2. The van der Waals surface area contributed by atoms with Gasteiger partial charge in [0, 0.05) is 6.42 Å². The molecule has 0 saturated carbocycles. The van der Waals surface area contributed by atoms with Crippen LogP contribution < -0.4 is 0 Å². The predicted octanol–water partition coefficient (Wildman–Crippen LogP) is -7.64. The van der Waals surface area contributed by atoms with E-state index in [1.807, 2.05) is 0 Å². The zero-order valence-electron chi connectivity index (χ0n) is 19.9. The number of hydrogen-bond acceptors (Lipinski definition) is 17. The molecule has 0 aromatic heterocycles. The molecule has 1 unspecified atom stereocenters. The van der Waals surface area contributed by atoms with Crippen molar-refractivity contribution in [3.8, 4) is 0 Å². The van der Waals surface area contributed by atoms with Gasteiger partial charge in [-0.1, -0.05) is 0 Å². The third kappa shape index (κ3) is 6.48. The second-order valence-electron chi connectivity index (χ2n) is 9.38. The smallest absolute Gasteiger partial charge is 0.364 e. The summed E-state index contributed by atoms with van der Waals surface area (Å²) in [6.07, 6.45) is -27.8. The van der Waals surface area contributed by atoms with Crippen LogP contribution in [0, 0.1) is 0 Å². The zero-order valence-corrected chi connectivity index (χ0v) is 19.9. The van der Waals surface area contributed by atoms with Gasteiger partial charge in [-0.15, -0.1) is 0 Å². The van der Waals surface area contributed by atoms with Crippen LogP contribution >= 0.6 is 0 Å². The molecule has 3 fully saturated rings. The number of ether oxygens (including phenoxy) is 5. The maximum atomic E-state index is 11.4. The summed E-state index contributed by atoms with van der Waals surface area (Å²) in [6, 6.07) is 0. The lowest BCUT2D eigenvalue weighted by Crippen LogP contribution is -2.66. The molecular weight excluding hydrogens is 544 g/mol. The van der Waals surface area contributed by atoms with Crippen molar-refractivity contribution in [1.82, 2.24) is 0 Å². The molecule has 19 nitrogen and oxygen atoms in total. The molecule has 15 atom stereocenters. The summed E-state index contributed by atoms with van der Waals surface area (Å²) in [4.78, 5) is 22.6. The second kappa shape index (κ2) is 12.5. The van der Waals surface area contributed by atoms with E-state index < -0.39 is 123 Å². The summed E-state index contributed by atoms with van der Waals surface area (Å²) < 4.78 is 25.9. The van der Waals surface area contributed by atoms with Crippen LogP contribution in [-0.2, 0) is 33.3 Å². The standard InChI is InChI=1S/C20H32O19/c21-2-5(23)14-13(4(22)1-20(34,39-14)19(32)33)37-18-12(29)8(25)7(24)6(36-18)3-35-17-11(28)9(26)10(27)15(38-17)16(30)31/h4-15,17-18,21-29,34H,1-3H2,(H,30,31)(H,32,33)/t4-,5-,6-,7-,8+,9+,10-,11-,12+,13-,14-,15+,17+,18-,20?/m1/s1. The molecule has 19 heteroatoms. The molecule has 0 aromatic carbocycles. The van der Waals surface area contributed by atoms with E-state index in [2.05, 4.69) is 0 Å².